The van der Waals surface area contributed by atoms with E-state index in [1.807, 2.05) is 0 Å². The summed E-state index contributed by atoms with van der Waals surface area (Å²) in [5.74, 6) is 1.36. The third kappa shape index (κ3) is 4.71. The van der Waals surface area contributed by atoms with Gasteiger partial charge < -0.3 is 4.74 Å². The summed E-state index contributed by atoms with van der Waals surface area (Å²) in [5, 5.41) is 0. The zero-order chi connectivity index (χ0) is 15.2. The number of ether oxygens (including phenoxy) is 1. The topological polar surface area (TPSA) is 9.23 Å². The fourth-order valence-corrected chi connectivity index (χ4v) is 4.29. The van der Waals surface area contributed by atoms with Gasteiger partial charge in [-0.25, -0.2) is 0 Å². The molecule has 0 radical (unpaired) electrons. The van der Waals surface area contributed by atoms with E-state index in [1.165, 1.54) is 75.4 Å². The molecular weight excluding hydrogens is 256 g/mol. The van der Waals surface area contributed by atoms with Gasteiger partial charge in [0.15, 0.2) is 0 Å². The average Bonchev–Trinajstić information content (AvgIpc) is 2.49. The first kappa shape index (κ1) is 16.8. The first-order valence-electron chi connectivity index (χ1n) is 9.06. The highest BCUT2D eigenvalue weighted by atomic mass is 16.5. The second-order valence-corrected chi connectivity index (χ2v) is 7.47. The van der Waals surface area contributed by atoms with Crippen LogP contribution < -0.4 is 0 Å². The fourth-order valence-electron chi connectivity index (χ4n) is 4.29. The zero-order valence-electron chi connectivity index (χ0n) is 14.2. The molecule has 2 unspecified atom stereocenters. The second-order valence-electron chi connectivity index (χ2n) is 7.47. The molecule has 2 aliphatic carbocycles. The second kappa shape index (κ2) is 8.17. The summed E-state index contributed by atoms with van der Waals surface area (Å²) in [7, 11) is 0. The van der Waals surface area contributed by atoms with E-state index in [4.69, 9.17) is 4.74 Å². The molecule has 0 aromatic rings. The molecule has 2 aliphatic rings. The van der Waals surface area contributed by atoms with E-state index < -0.39 is 0 Å². The molecule has 1 heteroatoms. The van der Waals surface area contributed by atoms with Gasteiger partial charge in [-0.2, -0.15) is 0 Å². The van der Waals surface area contributed by atoms with Crippen molar-refractivity contribution in [3.8, 4) is 0 Å². The first-order chi connectivity index (χ1) is 10.1. The zero-order valence-corrected chi connectivity index (χ0v) is 14.2. The van der Waals surface area contributed by atoms with Crippen LogP contribution in [0.25, 0.3) is 0 Å². The normalized spacial score (nSPS) is 24.5. The summed E-state index contributed by atoms with van der Waals surface area (Å²) >= 11 is 0. The van der Waals surface area contributed by atoms with Crippen molar-refractivity contribution in [3.63, 3.8) is 0 Å². The molecule has 2 rings (SSSR count). The Morgan fingerprint density at radius 3 is 1.33 bits per heavy atom. The molecule has 2 saturated carbocycles. The first-order valence-corrected chi connectivity index (χ1v) is 9.06. The lowest BCUT2D eigenvalue weighted by atomic mass is 9.81. The molecular formula is C20H34O. The Morgan fingerprint density at radius 1 is 0.714 bits per heavy atom. The van der Waals surface area contributed by atoms with Crippen LogP contribution in [0.2, 0.25) is 0 Å². The minimum Gasteiger partial charge on any atom is -0.366 e. The van der Waals surface area contributed by atoms with E-state index in [1.54, 1.807) is 0 Å². The van der Waals surface area contributed by atoms with Gasteiger partial charge in [-0.1, -0.05) is 62.8 Å². The average molecular weight is 290 g/mol. The van der Waals surface area contributed by atoms with E-state index in [0.29, 0.717) is 11.8 Å². The van der Waals surface area contributed by atoms with Crippen molar-refractivity contribution < 1.29 is 4.74 Å². The van der Waals surface area contributed by atoms with Crippen LogP contribution in [0.3, 0.4) is 0 Å². The summed E-state index contributed by atoms with van der Waals surface area (Å²) in [6.07, 6.45) is 14.0. The molecule has 1 nitrogen and oxygen atoms in total. The minimum absolute atomic E-state index is 0.244. The quantitative estimate of drug-likeness (QED) is 0.541. The molecule has 0 amide bonds. The van der Waals surface area contributed by atoms with Gasteiger partial charge in [0.1, 0.15) is 0 Å². The summed E-state index contributed by atoms with van der Waals surface area (Å²) in [5.41, 5.74) is 2.42. The van der Waals surface area contributed by atoms with E-state index in [-0.39, 0.29) is 12.2 Å². The SMILES string of the molecule is C=C(C)C(OC(C(=C)C)C1CCCCC1)C1CCCCC1. The van der Waals surface area contributed by atoms with E-state index in [9.17, 15) is 0 Å². The Labute approximate surface area is 131 Å². The van der Waals surface area contributed by atoms with Gasteiger partial charge in [0.05, 0.1) is 12.2 Å². The monoisotopic (exact) mass is 290 g/mol. The van der Waals surface area contributed by atoms with Crippen LogP contribution >= 0.6 is 0 Å². The Bertz CT molecular complexity index is 311. The molecule has 0 bridgehead atoms. The molecule has 2 atom stereocenters. The van der Waals surface area contributed by atoms with Gasteiger partial charge >= 0.3 is 0 Å². The van der Waals surface area contributed by atoms with Gasteiger partial charge in [-0.05, 0) is 51.4 Å². The maximum atomic E-state index is 6.65. The summed E-state index contributed by atoms with van der Waals surface area (Å²) in [6.45, 7) is 12.8. The van der Waals surface area contributed by atoms with Gasteiger partial charge in [0, 0.05) is 0 Å². The maximum absolute atomic E-state index is 6.65. The van der Waals surface area contributed by atoms with Crippen molar-refractivity contribution in [2.75, 3.05) is 0 Å². The van der Waals surface area contributed by atoms with Gasteiger partial charge in [0.2, 0.25) is 0 Å². The van der Waals surface area contributed by atoms with Crippen LogP contribution in [0.1, 0.15) is 78.1 Å². The van der Waals surface area contributed by atoms with E-state index >= 15 is 0 Å². The van der Waals surface area contributed by atoms with Crippen molar-refractivity contribution in [2.45, 2.75) is 90.3 Å². The molecule has 0 aliphatic heterocycles. The predicted octanol–water partition coefficient (Wildman–Crippen LogP) is 6.05. The lowest BCUT2D eigenvalue weighted by molar-refractivity contribution is -0.0455. The standard InChI is InChI=1S/C20H34O/c1-15(2)19(17-11-7-5-8-12-17)21-20(16(3)4)18-13-9-6-10-14-18/h17-20H,1,3,5-14H2,2,4H3. The van der Waals surface area contributed by atoms with Gasteiger partial charge in [0.25, 0.3) is 0 Å². The van der Waals surface area contributed by atoms with Crippen LogP contribution in [0.4, 0.5) is 0 Å². The molecule has 0 saturated heterocycles. The molecule has 0 N–H and O–H groups in total. The lowest BCUT2D eigenvalue weighted by Gasteiger charge is -2.38. The highest BCUT2D eigenvalue weighted by Gasteiger charge is 2.32. The van der Waals surface area contributed by atoms with Crippen molar-refractivity contribution in [1.29, 1.82) is 0 Å². The van der Waals surface area contributed by atoms with Crippen LogP contribution in [-0.2, 0) is 4.74 Å². The van der Waals surface area contributed by atoms with Crippen LogP contribution in [0.5, 0.6) is 0 Å². The third-order valence-electron chi connectivity index (χ3n) is 5.42. The van der Waals surface area contributed by atoms with Crippen molar-refractivity contribution in [1.82, 2.24) is 0 Å². The molecule has 2 fully saturated rings. The fraction of sp³-hybridized carbons (Fsp3) is 0.800. The van der Waals surface area contributed by atoms with Crippen LogP contribution in [-0.4, -0.2) is 12.2 Å². The van der Waals surface area contributed by atoms with E-state index in [0.717, 1.165) is 0 Å². The Hall–Kier alpha value is -0.560. The van der Waals surface area contributed by atoms with Crippen LogP contribution in [0.15, 0.2) is 24.3 Å². The smallest absolute Gasteiger partial charge is 0.0816 e. The summed E-state index contributed by atoms with van der Waals surface area (Å²) < 4.78 is 6.65. The van der Waals surface area contributed by atoms with Gasteiger partial charge in [-0.3, -0.25) is 0 Å². The molecule has 120 valence electrons. The number of hydrogen-bond acceptors (Lipinski definition) is 1. The van der Waals surface area contributed by atoms with Crippen molar-refractivity contribution in [3.05, 3.63) is 24.3 Å². The van der Waals surface area contributed by atoms with Gasteiger partial charge in [-0.15, -0.1) is 0 Å². The van der Waals surface area contributed by atoms with Crippen molar-refractivity contribution in [2.24, 2.45) is 11.8 Å². The molecule has 0 aromatic heterocycles. The number of rotatable bonds is 6. The Kier molecular flexibility index (Phi) is 6.54. The molecule has 0 heterocycles. The third-order valence-corrected chi connectivity index (χ3v) is 5.42. The highest BCUT2D eigenvalue weighted by Crippen LogP contribution is 2.36. The van der Waals surface area contributed by atoms with E-state index in [2.05, 4.69) is 27.0 Å². The number of hydrogen-bond donors (Lipinski definition) is 0. The van der Waals surface area contributed by atoms with Crippen molar-refractivity contribution >= 4 is 0 Å². The van der Waals surface area contributed by atoms with Crippen LogP contribution in [0, 0.1) is 11.8 Å². The highest BCUT2D eigenvalue weighted by molar-refractivity contribution is 5.07. The Morgan fingerprint density at radius 2 is 1.05 bits per heavy atom. The maximum Gasteiger partial charge on any atom is 0.0816 e. The molecule has 0 aromatic carbocycles. The largest absolute Gasteiger partial charge is 0.366 e. The predicted molar refractivity (Wildman–Crippen MR) is 91.4 cm³/mol. The summed E-state index contributed by atoms with van der Waals surface area (Å²) in [6, 6.07) is 0. The Balaban J connectivity index is 2.04. The minimum atomic E-state index is 0.244. The molecule has 21 heavy (non-hydrogen) atoms. The summed E-state index contributed by atoms with van der Waals surface area (Å²) in [4.78, 5) is 0. The lowest BCUT2D eigenvalue weighted by Crippen LogP contribution is -2.36. The molecule has 0 spiro atoms.